The Morgan fingerprint density at radius 3 is 2.48 bits per heavy atom. The van der Waals surface area contributed by atoms with Gasteiger partial charge in [0.2, 0.25) is 5.91 Å². The van der Waals surface area contributed by atoms with Crippen LogP contribution in [0.25, 0.3) is 0 Å². The number of methoxy groups -OCH3 is 1. The van der Waals surface area contributed by atoms with Crippen LogP contribution in [0.5, 0.6) is 0 Å². The average molecular weight is 319 g/mol. The Morgan fingerprint density at radius 1 is 1.13 bits per heavy atom. The predicted octanol–water partition coefficient (Wildman–Crippen LogP) is 1.49. The molecule has 1 aromatic carbocycles. The van der Waals surface area contributed by atoms with Crippen LogP contribution in [0, 0.1) is 0 Å². The SMILES string of the molecule is COCCNC(=O)CNc1ccc(C(=O)N2CCCCC2)cc1. The Bertz CT molecular complexity index is 510. The van der Waals surface area contributed by atoms with Gasteiger partial charge in [0.15, 0.2) is 0 Å². The molecule has 0 saturated carbocycles. The molecule has 1 aliphatic rings. The van der Waals surface area contributed by atoms with Crippen molar-refractivity contribution in [2.75, 3.05) is 45.2 Å². The quantitative estimate of drug-likeness (QED) is 0.747. The number of rotatable bonds is 7. The fourth-order valence-corrected chi connectivity index (χ4v) is 2.55. The molecule has 23 heavy (non-hydrogen) atoms. The maximum Gasteiger partial charge on any atom is 0.253 e. The fraction of sp³-hybridized carbons (Fsp3) is 0.529. The molecule has 1 fully saturated rings. The molecule has 0 spiro atoms. The second-order valence-corrected chi connectivity index (χ2v) is 5.63. The van der Waals surface area contributed by atoms with Crippen LogP contribution in [0.1, 0.15) is 29.6 Å². The Labute approximate surface area is 137 Å². The van der Waals surface area contributed by atoms with E-state index in [4.69, 9.17) is 4.74 Å². The summed E-state index contributed by atoms with van der Waals surface area (Å²) in [5.41, 5.74) is 1.52. The summed E-state index contributed by atoms with van der Waals surface area (Å²) in [5, 5.41) is 5.78. The molecular weight excluding hydrogens is 294 g/mol. The van der Waals surface area contributed by atoms with Gasteiger partial charge in [0.25, 0.3) is 5.91 Å². The molecule has 1 aliphatic heterocycles. The number of hydrogen-bond donors (Lipinski definition) is 2. The first-order chi connectivity index (χ1) is 11.2. The van der Waals surface area contributed by atoms with Crippen LogP contribution in [-0.4, -0.2) is 56.6 Å². The highest BCUT2D eigenvalue weighted by atomic mass is 16.5. The number of likely N-dealkylation sites (tertiary alicyclic amines) is 1. The summed E-state index contributed by atoms with van der Waals surface area (Å²) in [6.45, 7) is 2.89. The predicted molar refractivity (Wildman–Crippen MR) is 89.6 cm³/mol. The maximum atomic E-state index is 12.4. The molecule has 0 bridgehead atoms. The van der Waals surface area contributed by atoms with E-state index < -0.39 is 0 Å². The standard InChI is InChI=1S/C17H25N3O3/c1-23-12-9-18-16(21)13-19-15-7-5-14(6-8-15)17(22)20-10-3-2-4-11-20/h5-8,19H,2-4,9-13H2,1H3,(H,18,21). The Hall–Kier alpha value is -2.08. The largest absolute Gasteiger partial charge is 0.383 e. The Kier molecular flexibility index (Phi) is 6.87. The van der Waals surface area contributed by atoms with Crippen LogP contribution >= 0.6 is 0 Å². The second kappa shape index (κ2) is 9.15. The van der Waals surface area contributed by atoms with Crippen molar-refractivity contribution in [3.05, 3.63) is 29.8 Å². The topological polar surface area (TPSA) is 70.7 Å². The monoisotopic (exact) mass is 319 g/mol. The molecular formula is C17H25N3O3. The lowest BCUT2D eigenvalue weighted by Gasteiger charge is -2.26. The van der Waals surface area contributed by atoms with E-state index in [0.29, 0.717) is 18.7 Å². The summed E-state index contributed by atoms with van der Waals surface area (Å²) < 4.78 is 4.87. The molecule has 6 nitrogen and oxygen atoms in total. The minimum Gasteiger partial charge on any atom is -0.383 e. The van der Waals surface area contributed by atoms with Gasteiger partial charge in [-0.25, -0.2) is 0 Å². The first kappa shape index (κ1) is 17.3. The minimum atomic E-state index is -0.0875. The third-order valence-electron chi connectivity index (χ3n) is 3.86. The van der Waals surface area contributed by atoms with Gasteiger partial charge in [-0.05, 0) is 43.5 Å². The van der Waals surface area contributed by atoms with Gasteiger partial charge in [-0.3, -0.25) is 9.59 Å². The molecule has 1 aromatic rings. The van der Waals surface area contributed by atoms with Gasteiger partial charge in [0, 0.05) is 38.0 Å². The molecule has 1 saturated heterocycles. The van der Waals surface area contributed by atoms with E-state index in [1.165, 1.54) is 6.42 Å². The number of carbonyl (C=O) groups is 2. The zero-order chi connectivity index (χ0) is 16.5. The number of benzene rings is 1. The minimum absolute atomic E-state index is 0.0875. The maximum absolute atomic E-state index is 12.4. The van der Waals surface area contributed by atoms with Gasteiger partial charge >= 0.3 is 0 Å². The normalized spacial score (nSPS) is 14.4. The van der Waals surface area contributed by atoms with Crippen molar-refractivity contribution in [1.82, 2.24) is 10.2 Å². The van der Waals surface area contributed by atoms with Crippen LogP contribution in [0.15, 0.2) is 24.3 Å². The summed E-state index contributed by atoms with van der Waals surface area (Å²) in [5.74, 6) is 0.00378. The molecule has 2 amide bonds. The number of piperidine rings is 1. The van der Waals surface area contributed by atoms with E-state index in [1.54, 1.807) is 7.11 Å². The lowest BCUT2D eigenvalue weighted by atomic mass is 10.1. The first-order valence-corrected chi connectivity index (χ1v) is 8.09. The van der Waals surface area contributed by atoms with Crippen LogP contribution in [0.3, 0.4) is 0 Å². The number of nitrogens with zero attached hydrogens (tertiary/aromatic N) is 1. The molecule has 0 radical (unpaired) electrons. The molecule has 2 rings (SSSR count). The van der Waals surface area contributed by atoms with Crippen molar-refractivity contribution in [1.29, 1.82) is 0 Å². The number of ether oxygens (including phenoxy) is 1. The van der Waals surface area contributed by atoms with Gasteiger partial charge in [0.1, 0.15) is 0 Å². The van der Waals surface area contributed by atoms with Crippen LogP contribution < -0.4 is 10.6 Å². The number of nitrogens with one attached hydrogen (secondary N) is 2. The molecule has 0 unspecified atom stereocenters. The lowest BCUT2D eigenvalue weighted by Crippen LogP contribution is -2.35. The Balaban J connectivity index is 1.79. The van der Waals surface area contributed by atoms with Gasteiger partial charge < -0.3 is 20.3 Å². The average Bonchev–Trinajstić information content (AvgIpc) is 2.61. The van der Waals surface area contributed by atoms with E-state index in [2.05, 4.69) is 10.6 Å². The summed E-state index contributed by atoms with van der Waals surface area (Å²) in [6.07, 6.45) is 3.38. The van der Waals surface area contributed by atoms with Crippen LogP contribution in [0.4, 0.5) is 5.69 Å². The number of hydrogen-bond acceptors (Lipinski definition) is 4. The van der Waals surface area contributed by atoms with Gasteiger partial charge in [-0.1, -0.05) is 0 Å². The summed E-state index contributed by atoms with van der Waals surface area (Å²) in [4.78, 5) is 25.8. The van der Waals surface area contributed by atoms with Crippen LogP contribution in [-0.2, 0) is 9.53 Å². The van der Waals surface area contributed by atoms with E-state index in [9.17, 15) is 9.59 Å². The van der Waals surface area contributed by atoms with E-state index in [1.807, 2.05) is 29.2 Å². The first-order valence-electron chi connectivity index (χ1n) is 8.09. The van der Waals surface area contributed by atoms with E-state index >= 15 is 0 Å². The highest BCUT2D eigenvalue weighted by molar-refractivity contribution is 5.94. The van der Waals surface area contributed by atoms with Crippen molar-refractivity contribution in [3.63, 3.8) is 0 Å². The zero-order valence-corrected chi connectivity index (χ0v) is 13.6. The highest BCUT2D eigenvalue weighted by Crippen LogP contribution is 2.15. The summed E-state index contributed by atoms with van der Waals surface area (Å²) in [6, 6.07) is 7.28. The number of amides is 2. The smallest absolute Gasteiger partial charge is 0.253 e. The van der Waals surface area contributed by atoms with E-state index in [0.717, 1.165) is 31.6 Å². The summed E-state index contributed by atoms with van der Waals surface area (Å²) >= 11 is 0. The van der Waals surface area contributed by atoms with Crippen molar-refractivity contribution < 1.29 is 14.3 Å². The molecule has 1 heterocycles. The second-order valence-electron chi connectivity index (χ2n) is 5.63. The van der Waals surface area contributed by atoms with Crippen molar-refractivity contribution >= 4 is 17.5 Å². The van der Waals surface area contributed by atoms with Gasteiger partial charge in [-0.15, -0.1) is 0 Å². The summed E-state index contributed by atoms with van der Waals surface area (Å²) in [7, 11) is 1.59. The zero-order valence-electron chi connectivity index (χ0n) is 13.6. The molecule has 6 heteroatoms. The van der Waals surface area contributed by atoms with Crippen molar-refractivity contribution in [2.45, 2.75) is 19.3 Å². The highest BCUT2D eigenvalue weighted by Gasteiger charge is 2.17. The lowest BCUT2D eigenvalue weighted by molar-refractivity contribution is -0.119. The third kappa shape index (κ3) is 5.56. The molecule has 126 valence electrons. The molecule has 0 atom stereocenters. The number of anilines is 1. The van der Waals surface area contributed by atoms with Crippen molar-refractivity contribution in [2.24, 2.45) is 0 Å². The third-order valence-corrected chi connectivity index (χ3v) is 3.86. The van der Waals surface area contributed by atoms with Gasteiger partial charge in [-0.2, -0.15) is 0 Å². The molecule has 2 N–H and O–H groups in total. The Morgan fingerprint density at radius 2 is 1.83 bits per heavy atom. The van der Waals surface area contributed by atoms with E-state index in [-0.39, 0.29) is 18.4 Å². The van der Waals surface area contributed by atoms with Gasteiger partial charge in [0.05, 0.1) is 13.2 Å². The fourth-order valence-electron chi connectivity index (χ4n) is 2.55. The van der Waals surface area contributed by atoms with Crippen molar-refractivity contribution in [3.8, 4) is 0 Å². The van der Waals surface area contributed by atoms with Crippen LogP contribution in [0.2, 0.25) is 0 Å². The molecule has 0 aromatic heterocycles. The number of carbonyl (C=O) groups excluding carboxylic acids is 2. The molecule has 0 aliphatic carbocycles.